The minimum Gasteiger partial charge on any atom is -0.0616 e. The quantitative estimate of drug-likeness (QED) is 0.105. The topological polar surface area (TPSA) is 0 Å². The van der Waals surface area contributed by atoms with Crippen LogP contribution < -0.4 is 0 Å². The molecule has 0 unspecified atom stereocenters. The molecule has 0 atom stereocenters. The molecule has 0 saturated heterocycles. The molecular weight excluding hydrogens is 1370 g/mol. The third kappa shape index (κ3) is 10.5. The fourth-order valence-electron chi connectivity index (χ4n) is 20.4. The lowest BCUT2D eigenvalue weighted by atomic mass is 9.77. The molecule has 0 aliphatic heterocycles. The Kier molecular flexibility index (Phi) is 15.4. The smallest absolute Gasteiger partial charge is 0.0171 e. The largest absolute Gasteiger partial charge is 0.0616 e. The third-order valence-corrected chi connectivity index (χ3v) is 25.4. The highest BCUT2D eigenvalue weighted by molar-refractivity contribution is 6.24. The van der Waals surface area contributed by atoms with Crippen molar-refractivity contribution < 1.29 is 0 Å². The molecule has 0 saturated carbocycles. The number of rotatable bonds is 8. The maximum absolute atomic E-state index is 2.40. The molecule has 0 N–H and O–H groups in total. The molecule has 534 valence electrons. The minimum atomic E-state index is -0.137. The summed E-state index contributed by atoms with van der Waals surface area (Å²) in [6.45, 7) is 9.61. The summed E-state index contributed by atoms with van der Waals surface area (Å²) in [7, 11) is 0. The van der Waals surface area contributed by atoms with Gasteiger partial charge >= 0.3 is 0 Å². The second-order valence-electron chi connectivity index (χ2n) is 32.4. The average molecular weight is 1450 g/mol. The first-order chi connectivity index (χ1) is 56.1. The van der Waals surface area contributed by atoms with Gasteiger partial charge < -0.3 is 0 Å². The Morgan fingerprint density at radius 3 is 0.877 bits per heavy atom. The predicted octanol–water partition coefficient (Wildman–Crippen LogP) is 31.7. The van der Waals surface area contributed by atoms with Crippen LogP contribution in [0.5, 0.6) is 0 Å². The standard InChI is InChI=1S/C59H40.C55H38/c1-59(2)57-45(27-14-28-52(57)53-34-33-37-15-3-6-20-44(37)58(53)59)38-29-31-39(32-30-38)55-48-23-9-11-25-50(48)56(51-26-12-10-24-49(51)55)42-18-13-17-40(35-42)54-36-41-16-4-5-19-43(41)46-21-7-8-22-47(46)54;1-55(2)53-44(20-11-21-49(53)50-33-32-37-13-5-6-15-43(37)54(50)55)38-25-29-40(30-26-38)52-47-18-9-7-16-45(47)51(46-17-8-10-19-48(46)52)39-27-22-36(23-28-39)42-31-24-35-12-3-4-14-41(35)34-42/h3-36H,1-2H3;3-34H,1-2H3. The number of hydrogen-bond donors (Lipinski definition) is 0. The van der Waals surface area contributed by atoms with Gasteiger partial charge in [-0.3, -0.25) is 0 Å². The summed E-state index contributed by atoms with van der Waals surface area (Å²) in [5.74, 6) is 0. The molecule has 0 nitrogen and oxygen atoms in total. The van der Waals surface area contributed by atoms with Crippen molar-refractivity contribution >= 4 is 97.0 Å². The highest BCUT2D eigenvalue weighted by Crippen LogP contribution is 2.57. The molecule has 0 aromatic heterocycles. The maximum Gasteiger partial charge on any atom is 0.0171 e. The van der Waals surface area contributed by atoms with Crippen LogP contribution in [0, 0.1) is 0 Å². The van der Waals surface area contributed by atoms with Crippen LogP contribution in [0.3, 0.4) is 0 Å². The molecule has 0 bridgehead atoms. The van der Waals surface area contributed by atoms with Crippen LogP contribution in [0.25, 0.3) is 208 Å². The summed E-state index contributed by atoms with van der Waals surface area (Å²) in [4.78, 5) is 0. The Bertz CT molecular complexity index is 7440. The van der Waals surface area contributed by atoms with Gasteiger partial charge in [-0.2, -0.15) is 0 Å². The SMILES string of the molecule is CC1(C)c2c(-c3ccc(-c4c5ccccc5c(-c5ccc(-c6ccc7ccccc7c6)cc5)c5ccccc45)cc3)cccc2-c2ccc3ccccc3c21.CC1(C)c2c(-c3ccc(-c4c5ccccc5c(-c5cccc(-c6cc7ccccc7c7ccccc67)c5)c5ccccc45)cc3)cccc2-c2ccc3ccccc3c21. The lowest BCUT2D eigenvalue weighted by Crippen LogP contribution is -2.16. The van der Waals surface area contributed by atoms with Crippen molar-refractivity contribution in [2.45, 2.75) is 38.5 Å². The van der Waals surface area contributed by atoms with Crippen molar-refractivity contribution in [3.8, 4) is 111 Å². The first kappa shape index (κ1) is 66.9. The summed E-state index contributed by atoms with van der Waals surface area (Å²) in [5, 5.41) is 23.1. The van der Waals surface area contributed by atoms with E-state index in [1.54, 1.807) is 0 Å². The van der Waals surface area contributed by atoms with Gasteiger partial charge in [0.25, 0.3) is 0 Å². The summed E-state index contributed by atoms with van der Waals surface area (Å²) in [6.07, 6.45) is 0. The Balaban J connectivity index is 0.000000139. The second kappa shape index (κ2) is 26.3. The zero-order valence-electron chi connectivity index (χ0n) is 64.1. The normalized spacial score (nSPS) is 13.1. The summed E-state index contributed by atoms with van der Waals surface area (Å²) < 4.78 is 0. The van der Waals surface area contributed by atoms with Crippen LogP contribution in [0.4, 0.5) is 0 Å². The van der Waals surface area contributed by atoms with Crippen LogP contribution in [0.15, 0.2) is 400 Å². The van der Waals surface area contributed by atoms with Crippen LogP contribution in [-0.4, -0.2) is 0 Å². The Labute approximate surface area is 664 Å². The van der Waals surface area contributed by atoms with Crippen molar-refractivity contribution in [3.05, 3.63) is 423 Å². The molecule has 0 amide bonds. The van der Waals surface area contributed by atoms with E-state index in [0.29, 0.717) is 0 Å². The van der Waals surface area contributed by atoms with Gasteiger partial charge in [-0.25, -0.2) is 0 Å². The molecule has 23 rings (SSSR count). The molecule has 21 aromatic rings. The zero-order chi connectivity index (χ0) is 75.9. The Morgan fingerprint density at radius 2 is 0.430 bits per heavy atom. The van der Waals surface area contributed by atoms with E-state index in [9.17, 15) is 0 Å². The van der Waals surface area contributed by atoms with Gasteiger partial charge in [0.15, 0.2) is 0 Å². The molecule has 2 aliphatic carbocycles. The lowest BCUT2D eigenvalue weighted by molar-refractivity contribution is 0.668. The first-order valence-corrected chi connectivity index (χ1v) is 40.1. The van der Waals surface area contributed by atoms with Gasteiger partial charge in [-0.15, -0.1) is 0 Å². The van der Waals surface area contributed by atoms with Gasteiger partial charge in [0.1, 0.15) is 0 Å². The molecule has 0 heterocycles. The number of hydrogen-bond acceptors (Lipinski definition) is 0. The van der Waals surface area contributed by atoms with Gasteiger partial charge in [0.2, 0.25) is 0 Å². The number of fused-ring (bicyclic) bond motifs is 18. The molecular formula is C114H78. The maximum atomic E-state index is 2.40. The molecule has 0 fully saturated rings. The molecule has 0 heteroatoms. The van der Waals surface area contributed by atoms with E-state index in [0.717, 1.165) is 0 Å². The van der Waals surface area contributed by atoms with Crippen molar-refractivity contribution in [2.75, 3.05) is 0 Å². The van der Waals surface area contributed by atoms with E-state index in [1.807, 2.05) is 0 Å². The highest BCUT2D eigenvalue weighted by Gasteiger charge is 2.41. The number of benzene rings is 21. The van der Waals surface area contributed by atoms with Crippen molar-refractivity contribution in [1.29, 1.82) is 0 Å². The van der Waals surface area contributed by atoms with Crippen LogP contribution >= 0.6 is 0 Å². The lowest BCUT2D eigenvalue weighted by Gasteiger charge is -2.26. The van der Waals surface area contributed by atoms with E-state index in [-0.39, 0.29) is 10.8 Å². The summed E-state index contributed by atoms with van der Waals surface area (Å²) in [6, 6.07) is 149. The van der Waals surface area contributed by atoms with E-state index < -0.39 is 0 Å². The monoisotopic (exact) mass is 1450 g/mol. The van der Waals surface area contributed by atoms with Crippen LogP contribution in [0.2, 0.25) is 0 Å². The molecule has 0 spiro atoms. The van der Waals surface area contributed by atoms with E-state index in [4.69, 9.17) is 0 Å². The van der Waals surface area contributed by atoms with Crippen molar-refractivity contribution in [1.82, 2.24) is 0 Å². The van der Waals surface area contributed by atoms with Crippen molar-refractivity contribution in [2.24, 2.45) is 0 Å². The molecule has 114 heavy (non-hydrogen) atoms. The highest BCUT2D eigenvalue weighted by atomic mass is 14.4. The summed E-state index contributed by atoms with van der Waals surface area (Å²) in [5.41, 5.74) is 31.0. The Morgan fingerprint density at radius 1 is 0.132 bits per heavy atom. The third-order valence-electron chi connectivity index (χ3n) is 25.4. The van der Waals surface area contributed by atoms with E-state index >= 15 is 0 Å². The van der Waals surface area contributed by atoms with Gasteiger partial charge in [0, 0.05) is 10.8 Å². The van der Waals surface area contributed by atoms with E-state index in [2.05, 4.69) is 428 Å². The van der Waals surface area contributed by atoms with Crippen LogP contribution in [0.1, 0.15) is 49.9 Å². The predicted molar refractivity (Wildman–Crippen MR) is 489 cm³/mol. The van der Waals surface area contributed by atoms with Crippen LogP contribution in [-0.2, 0) is 10.8 Å². The minimum absolute atomic E-state index is 0.128. The van der Waals surface area contributed by atoms with Gasteiger partial charge in [-0.05, 0) is 249 Å². The van der Waals surface area contributed by atoms with Gasteiger partial charge in [-0.1, -0.05) is 410 Å². The molecule has 0 radical (unpaired) electrons. The first-order valence-electron chi connectivity index (χ1n) is 40.1. The van der Waals surface area contributed by atoms with Crippen molar-refractivity contribution in [3.63, 3.8) is 0 Å². The summed E-state index contributed by atoms with van der Waals surface area (Å²) >= 11 is 0. The average Bonchev–Trinajstić information content (AvgIpc) is 1.43. The second-order valence-corrected chi connectivity index (χ2v) is 32.4. The van der Waals surface area contributed by atoms with E-state index in [1.165, 1.54) is 230 Å². The molecule has 21 aromatic carbocycles. The van der Waals surface area contributed by atoms with Gasteiger partial charge in [0.05, 0.1) is 0 Å². The Hall–Kier alpha value is -14.0. The fourth-order valence-corrected chi connectivity index (χ4v) is 20.4. The zero-order valence-corrected chi connectivity index (χ0v) is 64.1. The fraction of sp³-hybridized carbons (Fsp3) is 0.0526. The molecule has 2 aliphatic rings.